The molecule has 1 aromatic rings. The van der Waals surface area contributed by atoms with Gasteiger partial charge in [0.05, 0.1) is 11.3 Å². The zero-order chi connectivity index (χ0) is 16.5. The molecule has 1 aromatic carbocycles. The molecule has 0 aromatic heterocycles. The van der Waals surface area contributed by atoms with E-state index in [4.69, 9.17) is 5.11 Å². The van der Waals surface area contributed by atoms with Gasteiger partial charge in [0, 0.05) is 6.54 Å². The molecule has 5 nitrogen and oxygen atoms in total. The summed E-state index contributed by atoms with van der Waals surface area (Å²) < 4.78 is 62.5. The summed E-state index contributed by atoms with van der Waals surface area (Å²) in [5, 5.41) is 9.03. The zero-order valence-corrected chi connectivity index (χ0v) is 12.2. The van der Waals surface area contributed by atoms with Crippen molar-refractivity contribution in [3.05, 3.63) is 29.8 Å². The van der Waals surface area contributed by atoms with Crippen molar-refractivity contribution >= 4 is 16.0 Å². The van der Waals surface area contributed by atoms with E-state index in [9.17, 15) is 26.4 Å². The first-order valence-corrected chi connectivity index (χ1v) is 7.95. The van der Waals surface area contributed by atoms with Crippen LogP contribution in [0.25, 0.3) is 0 Å². The lowest BCUT2D eigenvalue weighted by atomic mass is 10.1. The number of aliphatic carboxylic acids is 1. The summed E-state index contributed by atoms with van der Waals surface area (Å²) in [6.07, 6.45) is -4.86. The third kappa shape index (κ3) is 3.58. The smallest absolute Gasteiger partial charge is 0.393 e. The van der Waals surface area contributed by atoms with Crippen LogP contribution in [0.5, 0.6) is 0 Å². The van der Waals surface area contributed by atoms with Crippen molar-refractivity contribution in [2.75, 3.05) is 6.54 Å². The van der Waals surface area contributed by atoms with E-state index >= 15 is 0 Å². The van der Waals surface area contributed by atoms with E-state index in [1.165, 1.54) is 0 Å². The summed E-state index contributed by atoms with van der Waals surface area (Å²) in [6, 6.07) is 3.21. The average molecular weight is 337 g/mol. The highest BCUT2D eigenvalue weighted by molar-refractivity contribution is 7.89. The number of carboxylic acid groups (broad SMARTS) is 1. The second kappa shape index (κ2) is 5.88. The highest BCUT2D eigenvalue weighted by Gasteiger charge is 2.39. The number of nitrogens with zero attached hydrogens (tertiary/aromatic N) is 1. The fraction of sp³-hybridized carbons (Fsp3) is 0.462. The lowest BCUT2D eigenvalue weighted by Gasteiger charge is -2.21. The largest absolute Gasteiger partial charge is 0.480 e. The fourth-order valence-electron chi connectivity index (χ4n) is 2.42. The van der Waals surface area contributed by atoms with Gasteiger partial charge < -0.3 is 5.11 Å². The van der Waals surface area contributed by atoms with Gasteiger partial charge in [-0.05, 0) is 30.5 Å². The minimum absolute atomic E-state index is 0.0531. The maximum atomic E-state index is 12.4. The van der Waals surface area contributed by atoms with Crippen LogP contribution in [-0.4, -0.2) is 42.6 Å². The topological polar surface area (TPSA) is 74.7 Å². The van der Waals surface area contributed by atoms with E-state index in [2.05, 4.69) is 0 Å². The molecule has 0 aliphatic carbocycles. The van der Waals surface area contributed by atoms with Crippen molar-refractivity contribution in [1.82, 2.24) is 4.31 Å². The van der Waals surface area contributed by atoms with Gasteiger partial charge in [-0.2, -0.15) is 17.5 Å². The molecular formula is C13H14F3NO4S. The highest BCUT2D eigenvalue weighted by Crippen LogP contribution is 2.27. The lowest BCUT2D eigenvalue weighted by molar-refractivity contribution is -0.140. The molecule has 0 bridgehead atoms. The lowest BCUT2D eigenvalue weighted by Crippen LogP contribution is -2.40. The number of benzene rings is 1. The minimum Gasteiger partial charge on any atom is -0.480 e. The van der Waals surface area contributed by atoms with Gasteiger partial charge in [-0.25, -0.2) is 8.42 Å². The first-order valence-electron chi connectivity index (χ1n) is 6.51. The number of alkyl halides is 3. The summed E-state index contributed by atoms with van der Waals surface area (Å²) in [7, 11) is -4.02. The van der Waals surface area contributed by atoms with Crippen LogP contribution in [0.15, 0.2) is 29.2 Å². The van der Waals surface area contributed by atoms with Crippen LogP contribution in [0, 0.1) is 0 Å². The first kappa shape index (κ1) is 16.8. The van der Waals surface area contributed by atoms with Crippen molar-refractivity contribution in [2.24, 2.45) is 0 Å². The molecule has 1 aliphatic rings. The molecule has 1 aliphatic heterocycles. The van der Waals surface area contributed by atoms with E-state index < -0.39 is 34.6 Å². The number of sulfonamides is 1. The third-order valence-corrected chi connectivity index (χ3v) is 5.35. The van der Waals surface area contributed by atoms with Gasteiger partial charge in [-0.1, -0.05) is 12.1 Å². The molecule has 1 fully saturated rings. The van der Waals surface area contributed by atoms with Crippen molar-refractivity contribution < 1.29 is 31.5 Å². The van der Waals surface area contributed by atoms with Crippen LogP contribution < -0.4 is 0 Å². The summed E-state index contributed by atoms with van der Waals surface area (Å²) in [5.41, 5.74) is -0.0531. The maximum absolute atomic E-state index is 12.4. The average Bonchev–Trinajstić information content (AvgIpc) is 2.87. The SMILES string of the molecule is O=C(O)[C@@H]1CCCN1S(=O)(=O)c1ccc(CC(F)(F)F)cc1. The Hall–Kier alpha value is -1.61. The fourth-order valence-corrected chi connectivity index (χ4v) is 4.07. The van der Waals surface area contributed by atoms with E-state index in [0.717, 1.165) is 28.6 Å². The van der Waals surface area contributed by atoms with Crippen LogP contribution >= 0.6 is 0 Å². The van der Waals surface area contributed by atoms with Gasteiger partial charge >= 0.3 is 12.1 Å². The molecule has 1 N–H and O–H groups in total. The molecule has 1 saturated heterocycles. The van der Waals surface area contributed by atoms with Crippen molar-refractivity contribution in [3.63, 3.8) is 0 Å². The number of carboxylic acids is 1. The summed E-state index contributed by atoms with van der Waals surface area (Å²) >= 11 is 0. The Balaban J connectivity index is 2.25. The Kier molecular flexibility index (Phi) is 4.48. The van der Waals surface area contributed by atoms with Crippen LogP contribution in [-0.2, 0) is 21.2 Å². The Labute approximate surface area is 125 Å². The van der Waals surface area contributed by atoms with Crippen LogP contribution in [0.2, 0.25) is 0 Å². The van der Waals surface area contributed by atoms with Gasteiger partial charge in [-0.3, -0.25) is 4.79 Å². The Morgan fingerprint density at radius 2 is 1.86 bits per heavy atom. The number of halogens is 3. The molecule has 1 heterocycles. The Morgan fingerprint density at radius 1 is 1.27 bits per heavy atom. The van der Waals surface area contributed by atoms with Crippen LogP contribution in [0.1, 0.15) is 18.4 Å². The number of hydrogen-bond acceptors (Lipinski definition) is 3. The molecule has 9 heteroatoms. The zero-order valence-electron chi connectivity index (χ0n) is 11.4. The van der Waals surface area contributed by atoms with Crippen molar-refractivity contribution in [3.8, 4) is 0 Å². The Morgan fingerprint density at radius 3 is 2.36 bits per heavy atom. The van der Waals surface area contributed by atoms with Crippen LogP contribution in [0.4, 0.5) is 13.2 Å². The predicted octanol–water partition coefficient (Wildman–Crippen LogP) is 2.03. The summed E-state index contributed by atoms with van der Waals surface area (Å²) in [6.45, 7) is 0.0869. The standard InChI is InChI=1S/C13H14F3NO4S/c14-13(15,16)8-9-3-5-10(6-4-9)22(20,21)17-7-1-2-11(17)12(18)19/h3-6,11H,1-2,7-8H2,(H,18,19)/t11-/m0/s1. The van der Waals surface area contributed by atoms with Gasteiger partial charge in [0.1, 0.15) is 6.04 Å². The second-order valence-electron chi connectivity index (χ2n) is 5.05. The molecule has 0 spiro atoms. The van der Waals surface area contributed by atoms with E-state index in [1.54, 1.807) is 0 Å². The number of hydrogen-bond donors (Lipinski definition) is 1. The van der Waals surface area contributed by atoms with Crippen molar-refractivity contribution in [2.45, 2.75) is 36.4 Å². The molecule has 122 valence electrons. The molecule has 0 unspecified atom stereocenters. The monoisotopic (exact) mass is 337 g/mol. The van der Waals surface area contributed by atoms with Gasteiger partial charge in [-0.15, -0.1) is 0 Å². The Bertz CT molecular complexity index is 655. The normalized spacial score (nSPS) is 20.2. The quantitative estimate of drug-likeness (QED) is 0.912. The first-order chi connectivity index (χ1) is 10.1. The predicted molar refractivity (Wildman–Crippen MR) is 70.8 cm³/mol. The maximum Gasteiger partial charge on any atom is 0.393 e. The molecule has 0 saturated carbocycles. The third-order valence-electron chi connectivity index (χ3n) is 3.42. The number of carbonyl (C=O) groups is 1. The molecule has 0 amide bonds. The van der Waals surface area contributed by atoms with Crippen molar-refractivity contribution in [1.29, 1.82) is 0 Å². The summed E-state index contributed by atoms with van der Waals surface area (Å²) in [4.78, 5) is 10.9. The second-order valence-corrected chi connectivity index (χ2v) is 6.94. The molecule has 0 radical (unpaired) electrons. The molecule has 22 heavy (non-hydrogen) atoms. The van der Waals surface area contributed by atoms with Gasteiger partial charge in [0.15, 0.2) is 0 Å². The molecular weight excluding hydrogens is 323 g/mol. The van der Waals surface area contributed by atoms with E-state index in [-0.39, 0.29) is 23.4 Å². The summed E-state index contributed by atoms with van der Waals surface area (Å²) in [5.74, 6) is -1.23. The minimum atomic E-state index is -4.37. The van der Waals surface area contributed by atoms with E-state index in [1.807, 2.05) is 0 Å². The number of rotatable bonds is 4. The van der Waals surface area contributed by atoms with Crippen LogP contribution in [0.3, 0.4) is 0 Å². The van der Waals surface area contributed by atoms with E-state index in [0.29, 0.717) is 6.42 Å². The highest BCUT2D eigenvalue weighted by atomic mass is 32.2. The molecule has 2 rings (SSSR count). The van der Waals surface area contributed by atoms with Gasteiger partial charge in [0.2, 0.25) is 10.0 Å². The van der Waals surface area contributed by atoms with Gasteiger partial charge in [0.25, 0.3) is 0 Å². The molecule has 1 atom stereocenters.